The molecule has 51 heavy (non-hydrogen) atoms. The van der Waals surface area contributed by atoms with Crippen LogP contribution in [0.3, 0.4) is 0 Å². The van der Waals surface area contributed by atoms with Crippen LogP contribution >= 0.6 is 0 Å². The van der Waals surface area contributed by atoms with Crippen molar-refractivity contribution in [3.05, 3.63) is 96.3 Å². The molecule has 3 unspecified atom stereocenters. The lowest BCUT2D eigenvalue weighted by molar-refractivity contribution is 0.351. The van der Waals surface area contributed by atoms with Gasteiger partial charge >= 0.3 is 0 Å². The molecule has 2 aromatic carbocycles. The summed E-state index contributed by atoms with van der Waals surface area (Å²) >= 11 is 0. The lowest BCUT2D eigenvalue weighted by Crippen LogP contribution is -2.34. The van der Waals surface area contributed by atoms with Crippen LogP contribution in [-0.4, -0.2) is 64.6 Å². The number of nitrogens with zero attached hydrogens (tertiary/aromatic N) is 14. The normalized spacial score (nSPS) is 13.0. The molecule has 16 heteroatoms. The van der Waals surface area contributed by atoms with E-state index in [0.717, 1.165) is 0 Å². The number of pyridine rings is 2. The molecule has 0 radical (unpaired) electrons. The highest BCUT2D eigenvalue weighted by Crippen LogP contribution is 2.45. The Kier molecular flexibility index (Phi) is 9.60. The van der Waals surface area contributed by atoms with Crippen LogP contribution in [0.15, 0.2) is 85.2 Å². The molecule has 0 N–H and O–H groups in total. The van der Waals surface area contributed by atoms with E-state index in [2.05, 4.69) is 65.1 Å². The van der Waals surface area contributed by atoms with Crippen LogP contribution < -0.4 is 9.47 Å². The number of ether oxygens (including phenoxy) is 2. The molecule has 248 valence electrons. The average molecular weight is 675 g/mol. The second-order valence-electron chi connectivity index (χ2n) is 11.1. The molecule has 6 aromatic rings. The molecule has 0 saturated carbocycles. The van der Waals surface area contributed by atoms with Gasteiger partial charge in [0.1, 0.15) is 28.3 Å². The number of nitriles is 4. The number of hydrogen-bond donors (Lipinski definition) is 0. The van der Waals surface area contributed by atoms with Crippen molar-refractivity contribution >= 4 is 0 Å². The molecule has 4 heterocycles. The monoisotopic (exact) mass is 674 g/mol. The maximum atomic E-state index is 10.7. The number of hydrogen-bond acceptors (Lipinski definition) is 14. The van der Waals surface area contributed by atoms with Crippen LogP contribution in [0.2, 0.25) is 0 Å². The Bertz CT molecular complexity index is 2330. The van der Waals surface area contributed by atoms with E-state index in [1.54, 1.807) is 79.1 Å². The van der Waals surface area contributed by atoms with Crippen molar-refractivity contribution in [1.29, 1.82) is 21.0 Å². The van der Waals surface area contributed by atoms with Gasteiger partial charge in [0.25, 0.3) is 0 Å². The van der Waals surface area contributed by atoms with Gasteiger partial charge < -0.3 is 9.47 Å². The zero-order chi connectivity index (χ0) is 35.8. The Hall–Kier alpha value is -7.56. The SMILES string of the molecule is COc1cc(-n2nnc(-c3ccccn3)n2)ccc1C(C#N)CC(C#N)C(C#N)(CC#N)c1ccc(-n2nnc(-c3ccccn3)n2)cc1OC. The molecule has 0 saturated heterocycles. The third kappa shape index (κ3) is 6.49. The number of aromatic nitrogens is 10. The van der Waals surface area contributed by atoms with Gasteiger partial charge in [0.2, 0.25) is 11.6 Å². The summed E-state index contributed by atoms with van der Waals surface area (Å²) in [5, 5.41) is 66.8. The Morgan fingerprint density at radius 1 is 0.725 bits per heavy atom. The van der Waals surface area contributed by atoms with E-state index in [4.69, 9.17) is 9.47 Å². The molecule has 3 atom stereocenters. The van der Waals surface area contributed by atoms with Gasteiger partial charge in [0.15, 0.2) is 0 Å². The Labute approximate surface area is 291 Å². The minimum absolute atomic E-state index is 0.105. The van der Waals surface area contributed by atoms with E-state index in [1.165, 1.54) is 23.8 Å². The third-order valence-corrected chi connectivity index (χ3v) is 8.27. The highest BCUT2D eigenvalue weighted by molar-refractivity contribution is 5.54. The van der Waals surface area contributed by atoms with E-state index in [9.17, 15) is 21.0 Å². The molecule has 0 bridgehead atoms. The smallest absolute Gasteiger partial charge is 0.223 e. The molecular weight excluding hydrogens is 648 g/mol. The van der Waals surface area contributed by atoms with Gasteiger partial charge in [-0.05, 0) is 53.2 Å². The van der Waals surface area contributed by atoms with Crippen molar-refractivity contribution in [2.75, 3.05) is 14.2 Å². The van der Waals surface area contributed by atoms with Crippen molar-refractivity contribution in [3.8, 4) is 70.2 Å². The largest absolute Gasteiger partial charge is 0.496 e. The number of benzene rings is 2. The molecule has 0 aliphatic rings. The van der Waals surface area contributed by atoms with Crippen LogP contribution in [0.4, 0.5) is 0 Å². The minimum Gasteiger partial charge on any atom is -0.496 e. The molecule has 16 nitrogen and oxygen atoms in total. The van der Waals surface area contributed by atoms with E-state index in [1.807, 2.05) is 6.07 Å². The van der Waals surface area contributed by atoms with Gasteiger partial charge in [-0.25, -0.2) is 0 Å². The lowest BCUT2D eigenvalue weighted by Gasteiger charge is -2.32. The predicted octanol–water partition coefficient (Wildman–Crippen LogP) is 4.29. The van der Waals surface area contributed by atoms with Crippen molar-refractivity contribution in [2.24, 2.45) is 5.92 Å². The van der Waals surface area contributed by atoms with E-state index >= 15 is 0 Å². The van der Waals surface area contributed by atoms with Gasteiger partial charge in [-0.2, -0.15) is 21.0 Å². The highest BCUT2D eigenvalue weighted by atomic mass is 16.5. The zero-order valence-corrected chi connectivity index (χ0v) is 27.2. The first-order chi connectivity index (χ1) is 25.0. The molecule has 0 aliphatic heterocycles. The van der Waals surface area contributed by atoms with Gasteiger partial charge in [0.05, 0.1) is 68.1 Å². The van der Waals surface area contributed by atoms with Gasteiger partial charge in [-0.1, -0.05) is 24.3 Å². The highest BCUT2D eigenvalue weighted by Gasteiger charge is 2.45. The second-order valence-corrected chi connectivity index (χ2v) is 11.1. The number of tetrazole rings is 2. The van der Waals surface area contributed by atoms with E-state index in [0.29, 0.717) is 51.3 Å². The summed E-state index contributed by atoms with van der Waals surface area (Å²) in [6, 6.07) is 29.4. The fraction of sp³-hybridized carbons (Fsp3) is 0.200. The topological polar surface area (TPSA) is 227 Å². The van der Waals surface area contributed by atoms with E-state index < -0.39 is 17.3 Å². The number of rotatable bonds is 12. The van der Waals surface area contributed by atoms with Crippen molar-refractivity contribution in [2.45, 2.75) is 24.2 Å². The van der Waals surface area contributed by atoms with Crippen molar-refractivity contribution in [1.82, 2.24) is 50.4 Å². The van der Waals surface area contributed by atoms with Crippen LogP contribution in [0.5, 0.6) is 11.5 Å². The summed E-state index contributed by atoms with van der Waals surface area (Å²) in [5.74, 6) is -0.853. The summed E-state index contributed by atoms with van der Waals surface area (Å²) in [5.41, 5.74) is 1.14. The second kappa shape index (κ2) is 14.7. The first kappa shape index (κ1) is 33.3. The zero-order valence-electron chi connectivity index (χ0n) is 27.2. The third-order valence-electron chi connectivity index (χ3n) is 8.27. The standard InChI is InChI=1S/C35H26N14O2/c1-50-31-18-25(48-44-33(42-46-48)29-7-3-5-15-40-29)9-11-27(31)23(20-37)17-24(21-38)35(22-39,13-14-36)28-12-10-26(19-32(28)51-2)49-45-34(43-47-49)30-8-4-6-16-41-30/h3-12,15-16,18-19,23-24H,13,17H2,1-2H3. The van der Waals surface area contributed by atoms with Crippen molar-refractivity contribution < 1.29 is 9.47 Å². The van der Waals surface area contributed by atoms with Gasteiger partial charge in [-0.15, -0.1) is 30.0 Å². The summed E-state index contributed by atoms with van der Waals surface area (Å²) < 4.78 is 11.4. The Balaban J connectivity index is 1.31. The van der Waals surface area contributed by atoms with E-state index in [-0.39, 0.29) is 18.6 Å². The quantitative estimate of drug-likeness (QED) is 0.176. The molecule has 4 aromatic heterocycles. The van der Waals surface area contributed by atoms with Crippen LogP contribution in [0.1, 0.15) is 29.9 Å². The average Bonchev–Trinajstić information content (AvgIpc) is 3.90. The predicted molar refractivity (Wildman–Crippen MR) is 177 cm³/mol. The maximum Gasteiger partial charge on any atom is 0.223 e. The Morgan fingerprint density at radius 3 is 1.80 bits per heavy atom. The molecule has 0 fully saturated rings. The lowest BCUT2D eigenvalue weighted by atomic mass is 9.66. The summed E-state index contributed by atoms with van der Waals surface area (Å²) in [4.78, 5) is 11.1. The Morgan fingerprint density at radius 2 is 1.31 bits per heavy atom. The first-order valence-corrected chi connectivity index (χ1v) is 15.4. The first-order valence-electron chi connectivity index (χ1n) is 15.4. The van der Waals surface area contributed by atoms with Crippen LogP contribution in [0, 0.1) is 51.2 Å². The van der Waals surface area contributed by atoms with Gasteiger partial charge in [-0.3, -0.25) is 9.97 Å². The maximum absolute atomic E-state index is 10.7. The summed E-state index contributed by atoms with van der Waals surface area (Å²) in [7, 11) is 2.87. The molecule has 0 amide bonds. The number of methoxy groups -OCH3 is 2. The minimum atomic E-state index is -1.68. The summed E-state index contributed by atoms with van der Waals surface area (Å²) in [6.07, 6.45) is 2.79. The molecule has 0 aliphatic carbocycles. The molecular formula is C35H26N14O2. The van der Waals surface area contributed by atoms with Gasteiger partial charge in [0, 0.05) is 35.7 Å². The fourth-order valence-corrected chi connectivity index (χ4v) is 5.69. The molecule has 0 spiro atoms. The molecule has 6 rings (SSSR count). The van der Waals surface area contributed by atoms with Crippen LogP contribution in [0.25, 0.3) is 34.4 Å². The van der Waals surface area contributed by atoms with Crippen LogP contribution in [-0.2, 0) is 5.41 Å². The van der Waals surface area contributed by atoms with Crippen molar-refractivity contribution in [3.63, 3.8) is 0 Å². The fourth-order valence-electron chi connectivity index (χ4n) is 5.69. The summed E-state index contributed by atoms with van der Waals surface area (Å²) in [6.45, 7) is 0.